The van der Waals surface area contributed by atoms with Crippen molar-refractivity contribution >= 4 is 26.8 Å². The Morgan fingerprint density at radius 1 is 1.17 bits per heavy atom. The Morgan fingerprint density at radius 3 is 2.79 bits per heavy atom. The molecule has 1 aliphatic rings. The van der Waals surface area contributed by atoms with Crippen LogP contribution in [0.3, 0.4) is 0 Å². The molecule has 0 saturated carbocycles. The van der Waals surface area contributed by atoms with Crippen molar-refractivity contribution < 1.29 is 12.8 Å². The van der Waals surface area contributed by atoms with Crippen molar-refractivity contribution in [1.29, 1.82) is 0 Å². The molecule has 1 N–H and O–H groups in total. The maximum Gasteiger partial charge on any atom is 0.302 e. The highest BCUT2D eigenvalue weighted by molar-refractivity contribution is 7.90. The van der Waals surface area contributed by atoms with Gasteiger partial charge in [-0.25, -0.2) is 4.39 Å². The Labute approximate surface area is 138 Å². The van der Waals surface area contributed by atoms with Crippen molar-refractivity contribution in [1.82, 2.24) is 14.3 Å². The molecule has 24 heavy (non-hydrogen) atoms. The van der Waals surface area contributed by atoms with Crippen molar-refractivity contribution in [2.75, 3.05) is 11.8 Å². The number of anilines is 1. The SMILES string of the molecule is CN1C(c2ccncc2F)c2ccc3cccnc3c2NS1(=O)=O. The minimum Gasteiger partial charge on any atom is -0.268 e. The van der Waals surface area contributed by atoms with E-state index < -0.39 is 22.1 Å². The first kappa shape index (κ1) is 15.0. The molecule has 3 heterocycles. The van der Waals surface area contributed by atoms with Crippen LogP contribution in [0.25, 0.3) is 10.9 Å². The number of rotatable bonds is 1. The van der Waals surface area contributed by atoms with E-state index in [1.807, 2.05) is 12.1 Å². The van der Waals surface area contributed by atoms with Crippen LogP contribution in [0, 0.1) is 5.82 Å². The highest BCUT2D eigenvalue weighted by Crippen LogP contribution is 2.42. The summed E-state index contributed by atoms with van der Waals surface area (Å²) < 4.78 is 43.0. The zero-order valence-electron chi connectivity index (χ0n) is 12.6. The van der Waals surface area contributed by atoms with Crippen LogP contribution >= 0.6 is 0 Å². The van der Waals surface area contributed by atoms with Crippen LogP contribution in [0.2, 0.25) is 0 Å². The molecule has 122 valence electrons. The van der Waals surface area contributed by atoms with Gasteiger partial charge in [0.15, 0.2) is 0 Å². The lowest BCUT2D eigenvalue weighted by molar-refractivity contribution is 0.405. The van der Waals surface area contributed by atoms with Crippen molar-refractivity contribution in [3.05, 3.63) is 65.9 Å². The van der Waals surface area contributed by atoms with E-state index in [0.717, 1.165) is 15.9 Å². The quantitative estimate of drug-likeness (QED) is 0.736. The highest BCUT2D eigenvalue weighted by atomic mass is 32.2. The summed E-state index contributed by atoms with van der Waals surface area (Å²) in [5, 5.41) is 0.803. The normalized spacial score (nSPS) is 19.7. The number of halogens is 1. The summed E-state index contributed by atoms with van der Waals surface area (Å²) in [6.45, 7) is 0. The molecule has 3 aromatic rings. The Kier molecular flexibility index (Phi) is 3.26. The van der Waals surface area contributed by atoms with Crippen LogP contribution in [0.5, 0.6) is 0 Å². The number of pyridine rings is 2. The average Bonchev–Trinajstić information content (AvgIpc) is 2.57. The van der Waals surface area contributed by atoms with E-state index >= 15 is 0 Å². The minimum absolute atomic E-state index is 0.245. The third kappa shape index (κ3) is 2.15. The van der Waals surface area contributed by atoms with Gasteiger partial charge in [0.05, 0.1) is 23.4 Å². The molecule has 0 radical (unpaired) electrons. The minimum atomic E-state index is -3.82. The van der Waals surface area contributed by atoms with Crippen LogP contribution in [0.15, 0.2) is 48.9 Å². The number of benzene rings is 1. The van der Waals surface area contributed by atoms with Crippen LogP contribution in [0.4, 0.5) is 10.1 Å². The van der Waals surface area contributed by atoms with Crippen LogP contribution in [-0.4, -0.2) is 29.7 Å². The fourth-order valence-corrected chi connectivity index (χ4v) is 4.12. The van der Waals surface area contributed by atoms with Crippen molar-refractivity contribution in [3.8, 4) is 0 Å². The predicted octanol–water partition coefficient (Wildman–Crippen LogP) is 2.46. The molecule has 6 nitrogen and oxygen atoms in total. The molecule has 2 aromatic heterocycles. The molecular weight excluding hydrogens is 331 g/mol. The van der Waals surface area contributed by atoms with Gasteiger partial charge < -0.3 is 0 Å². The van der Waals surface area contributed by atoms with Crippen molar-refractivity contribution in [2.24, 2.45) is 0 Å². The molecule has 1 aromatic carbocycles. The van der Waals surface area contributed by atoms with Crippen LogP contribution in [0.1, 0.15) is 17.2 Å². The van der Waals surface area contributed by atoms with Crippen molar-refractivity contribution in [2.45, 2.75) is 6.04 Å². The number of aromatic nitrogens is 2. The number of nitrogens with zero attached hydrogens (tertiary/aromatic N) is 3. The van der Waals surface area contributed by atoms with Crippen LogP contribution < -0.4 is 4.72 Å². The molecule has 1 unspecified atom stereocenters. The summed E-state index contributed by atoms with van der Waals surface area (Å²) in [5.74, 6) is -0.557. The lowest BCUT2D eigenvalue weighted by Crippen LogP contribution is -2.41. The van der Waals surface area contributed by atoms with Gasteiger partial charge in [0, 0.05) is 36.0 Å². The standard InChI is InChI=1S/C16H13FN4O2S/c1-21-16(11-6-8-18-9-13(11)17)12-5-4-10-3-2-7-19-14(10)15(12)20-24(21,22)23/h2-9,16,20H,1H3. The molecule has 0 bridgehead atoms. The van der Waals surface area contributed by atoms with Crippen molar-refractivity contribution in [3.63, 3.8) is 0 Å². The van der Waals surface area contributed by atoms with E-state index in [2.05, 4.69) is 14.7 Å². The van der Waals surface area contributed by atoms with Gasteiger partial charge in [-0.15, -0.1) is 0 Å². The van der Waals surface area contributed by atoms with Gasteiger partial charge in [0.25, 0.3) is 0 Å². The smallest absolute Gasteiger partial charge is 0.268 e. The zero-order chi connectivity index (χ0) is 16.9. The predicted molar refractivity (Wildman–Crippen MR) is 88.1 cm³/mol. The van der Waals surface area contributed by atoms with E-state index in [1.54, 1.807) is 18.3 Å². The van der Waals surface area contributed by atoms with E-state index in [1.165, 1.54) is 19.3 Å². The second kappa shape index (κ2) is 5.22. The molecule has 1 atom stereocenters. The second-order valence-electron chi connectivity index (χ2n) is 5.53. The van der Waals surface area contributed by atoms with E-state index in [4.69, 9.17) is 0 Å². The summed E-state index contributed by atoms with van der Waals surface area (Å²) in [4.78, 5) is 8.02. The Hall–Kier alpha value is -2.58. The molecule has 0 aliphatic carbocycles. The molecule has 4 rings (SSSR count). The highest BCUT2D eigenvalue weighted by Gasteiger charge is 2.38. The monoisotopic (exact) mass is 344 g/mol. The zero-order valence-corrected chi connectivity index (χ0v) is 13.5. The summed E-state index contributed by atoms with van der Waals surface area (Å²) in [5.41, 5.74) is 1.80. The molecular formula is C16H13FN4O2S. The summed E-state index contributed by atoms with van der Waals surface area (Å²) in [7, 11) is -2.41. The molecule has 0 fully saturated rings. The molecule has 0 spiro atoms. The third-order valence-corrected chi connectivity index (χ3v) is 5.60. The second-order valence-corrected chi connectivity index (χ2v) is 7.26. The third-order valence-electron chi connectivity index (χ3n) is 4.17. The van der Waals surface area contributed by atoms with Gasteiger partial charge in [-0.3, -0.25) is 14.7 Å². The van der Waals surface area contributed by atoms with Gasteiger partial charge in [0.1, 0.15) is 5.82 Å². The first-order valence-corrected chi connectivity index (χ1v) is 8.66. The first-order valence-electron chi connectivity index (χ1n) is 7.22. The maximum absolute atomic E-state index is 14.3. The summed E-state index contributed by atoms with van der Waals surface area (Å²) in [6.07, 6.45) is 4.12. The maximum atomic E-state index is 14.3. The Bertz CT molecular complexity index is 1050. The van der Waals surface area contributed by atoms with Gasteiger partial charge in [-0.05, 0) is 12.1 Å². The number of fused-ring (bicyclic) bond motifs is 3. The summed E-state index contributed by atoms with van der Waals surface area (Å²) in [6, 6.07) is 7.96. The fraction of sp³-hybridized carbons (Fsp3) is 0.125. The van der Waals surface area contributed by atoms with Gasteiger partial charge in [-0.2, -0.15) is 12.7 Å². The van der Waals surface area contributed by atoms with Gasteiger partial charge in [-0.1, -0.05) is 18.2 Å². The lowest BCUT2D eigenvalue weighted by atomic mass is 9.96. The topological polar surface area (TPSA) is 75.2 Å². The van der Waals surface area contributed by atoms with Gasteiger partial charge in [0.2, 0.25) is 0 Å². The largest absolute Gasteiger partial charge is 0.302 e. The number of hydrogen-bond donors (Lipinski definition) is 1. The van der Waals surface area contributed by atoms with E-state index in [9.17, 15) is 12.8 Å². The fourth-order valence-electron chi connectivity index (χ4n) is 3.00. The molecule has 8 heteroatoms. The van der Waals surface area contributed by atoms with Crippen LogP contribution in [-0.2, 0) is 10.2 Å². The number of hydrogen-bond acceptors (Lipinski definition) is 4. The Balaban J connectivity index is 2.06. The molecule has 1 aliphatic heterocycles. The van der Waals surface area contributed by atoms with E-state index in [-0.39, 0.29) is 5.56 Å². The van der Waals surface area contributed by atoms with Gasteiger partial charge >= 0.3 is 10.2 Å². The summed E-state index contributed by atoms with van der Waals surface area (Å²) >= 11 is 0. The average molecular weight is 344 g/mol. The molecule has 0 amide bonds. The lowest BCUT2D eigenvalue weighted by Gasteiger charge is -2.35. The molecule has 0 saturated heterocycles. The first-order chi connectivity index (χ1) is 11.5. The van der Waals surface area contributed by atoms with E-state index in [0.29, 0.717) is 16.8 Å². The number of nitrogens with one attached hydrogen (secondary N) is 1. The Morgan fingerprint density at radius 2 is 2.00 bits per heavy atom.